The van der Waals surface area contributed by atoms with Gasteiger partial charge in [-0.3, -0.25) is 4.90 Å². The summed E-state index contributed by atoms with van der Waals surface area (Å²) in [5.41, 5.74) is 3.05. The zero-order valence-electron chi connectivity index (χ0n) is 17.5. The summed E-state index contributed by atoms with van der Waals surface area (Å²) >= 11 is 0. The first kappa shape index (κ1) is 19.1. The summed E-state index contributed by atoms with van der Waals surface area (Å²) in [4.78, 5) is 22.9. The standard InChI is InChI=1S/C24H29N5O/c1-27-19-13-14-20(27)17-28(16-19)23-26-21-11-5-6-12-22(21)29(23)24(30)25-15-7-10-18-8-3-2-4-9-18/h2-6,8-9,11-12,19-20H,7,10,13-17H2,1H3,(H,25,30)/t19-,20+. The fourth-order valence-electron chi connectivity index (χ4n) is 4.91. The third kappa shape index (κ3) is 3.56. The van der Waals surface area contributed by atoms with Crippen molar-refractivity contribution < 1.29 is 4.79 Å². The number of rotatable bonds is 5. The van der Waals surface area contributed by atoms with E-state index in [0.29, 0.717) is 18.6 Å². The number of carbonyl (C=O) groups is 1. The number of anilines is 1. The first-order valence-corrected chi connectivity index (χ1v) is 11.0. The topological polar surface area (TPSA) is 53.4 Å². The Morgan fingerprint density at radius 3 is 2.50 bits per heavy atom. The van der Waals surface area contributed by atoms with E-state index in [9.17, 15) is 4.79 Å². The maximum atomic E-state index is 13.2. The fourth-order valence-corrected chi connectivity index (χ4v) is 4.91. The molecule has 30 heavy (non-hydrogen) atoms. The fraction of sp³-hybridized carbons (Fsp3) is 0.417. The van der Waals surface area contributed by atoms with Gasteiger partial charge in [0.25, 0.3) is 0 Å². The normalized spacial score (nSPS) is 21.3. The molecule has 5 rings (SSSR count). The Morgan fingerprint density at radius 1 is 1.03 bits per heavy atom. The van der Waals surface area contributed by atoms with Crippen LogP contribution in [-0.4, -0.2) is 59.2 Å². The van der Waals surface area contributed by atoms with Gasteiger partial charge in [0, 0.05) is 31.7 Å². The minimum Gasteiger partial charge on any atom is -0.339 e. The van der Waals surface area contributed by atoms with E-state index >= 15 is 0 Å². The molecule has 6 nitrogen and oxygen atoms in total. The summed E-state index contributed by atoms with van der Waals surface area (Å²) in [6.07, 6.45) is 4.32. The van der Waals surface area contributed by atoms with Crippen LogP contribution in [0.3, 0.4) is 0 Å². The van der Waals surface area contributed by atoms with Gasteiger partial charge >= 0.3 is 6.03 Å². The molecule has 0 unspecified atom stereocenters. The van der Waals surface area contributed by atoms with E-state index in [4.69, 9.17) is 4.98 Å². The quantitative estimate of drug-likeness (QED) is 0.663. The van der Waals surface area contributed by atoms with Gasteiger partial charge < -0.3 is 10.2 Å². The number of amides is 1. The molecule has 0 radical (unpaired) electrons. The SMILES string of the molecule is CN1[C@@H]2CC[C@H]1CN(c1nc3ccccc3n1C(=O)NCCCc1ccccc1)C2. The Bertz CT molecular complexity index is 1020. The molecule has 2 atom stereocenters. The molecule has 1 aromatic heterocycles. The molecule has 2 aliphatic heterocycles. The molecular formula is C24H29N5O. The van der Waals surface area contributed by atoms with Crippen LogP contribution in [0.5, 0.6) is 0 Å². The Labute approximate surface area is 177 Å². The largest absolute Gasteiger partial charge is 0.339 e. The number of nitrogens with zero attached hydrogens (tertiary/aromatic N) is 4. The lowest BCUT2D eigenvalue weighted by atomic mass is 10.1. The van der Waals surface area contributed by atoms with Crippen molar-refractivity contribution in [1.82, 2.24) is 19.8 Å². The van der Waals surface area contributed by atoms with Crippen LogP contribution in [0, 0.1) is 0 Å². The van der Waals surface area contributed by atoms with E-state index in [1.165, 1.54) is 18.4 Å². The van der Waals surface area contributed by atoms with Gasteiger partial charge in [-0.2, -0.15) is 0 Å². The summed E-state index contributed by atoms with van der Waals surface area (Å²) in [6.45, 7) is 2.50. The predicted molar refractivity (Wildman–Crippen MR) is 120 cm³/mol. The Morgan fingerprint density at radius 2 is 1.73 bits per heavy atom. The lowest BCUT2D eigenvalue weighted by molar-refractivity contribution is 0.210. The van der Waals surface area contributed by atoms with E-state index in [1.807, 2.05) is 30.3 Å². The van der Waals surface area contributed by atoms with Crippen molar-refractivity contribution in [2.75, 3.05) is 31.6 Å². The smallest absolute Gasteiger partial charge is 0.328 e. The molecule has 2 fully saturated rings. The van der Waals surface area contributed by atoms with Crippen LogP contribution in [-0.2, 0) is 6.42 Å². The first-order chi connectivity index (χ1) is 14.7. The lowest BCUT2D eigenvalue weighted by Crippen LogP contribution is -2.53. The number of imidazole rings is 1. The number of piperazine rings is 1. The minimum absolute atomic E-state index is 0.0852. The summed E-state index contributed by atoms with van der Waals surface area (Å²) in [5, 5.41) is 3.12. The molecule has 156 valence electrons. The van der Waals surface area contributed by atoms with Crippen molar-refractivity contribution in [3.63, 3.8) is 0 Å². The number of nitrogens with one attached hydrogen (secondary N) is 1. The molecule has 2 aromatic carbocycles. The van der Waals surface area contributed by atoms with Crippen LogP contribution in [0.2, 0.25) is 0 Å². The molecule has 1 N–H and O–H groups in total. The van der Waals surface area contributed by atoms with Gasteiger partial charge in [-0.05, 0) is 50.4 Å². The molecule has 0 saturated carbocycles. The van der Waals surface area contributed by atoms with E-state index in [0.717, 1.165) is 42.9 Å². The number of para-hydroxylation sites is 2. The number of carbonyl (C=O) groups excluding carboxylic acids is 1. The van der Waals surface area contributed by atoms with Gasteiger partial charge in [0.1, 0.15) is 0 Å². The van der Waals surface area contributed by atoms with Gasteiger partial charge in [0.05, 0.1) is 11.0 Å². The molecule has 1 amide bonds. The van der Waals surface area contributed by atoms with Crippen LogP contribution in [0.25, 0.3) is 11.0 Å². The number of likely N-dealkylation sites (N-methyl/N-ethyl adjacent to an activating group) is 1. The Kier molecular flexibility index (Phi) is 5.17. The van der Waals surface area contributed by atoms with Crippen molar-refractivity contribution in [3.8, 4) is 0 Å². The van der Waals surface area contributed by atoms with Crippen LogP contribution in [0.15, 0.2) is 54.6 Å². The molecule has 2 saturated heterocycles. The molecule has 3 aromatic rings. The third-order valence-electron chi connectivity index (χ3n) is 6.64. The average molecular weight is 404 g/mol. The second-order valence-electron chi connectivity index (χ2n) is 8.51. The van der Waals surface area contributed by atoms with Crippen molar-refractivity contribution >= 4 is 23.0 Å². The molecule has 3 heterocycles. The van der Waals surface area contributed by atoms with Gasteiger partial charge in [0.15, 0.2) is 0 Å². The molecule has 0 aliphatic carbocycles. The van der Waals surface area contributed by atoms with Crippen LogP contribution < -0.4 is 10.2 Å². The molecular weight excluding hydrogens is 374 g/mol. The highest BCUT2D eigenvalue weighted by molar-refractivity contribution is 5.93. The summed E-state index contributed by atoms with van der Waals surface area (Å²) in [7, 11) is 2.22. The number of hydrogen-bond donors (Lipinski definition) is 1. The first-order valence-electron chi connectivity index (χ1n) is 11.0. The van der Waals surface area contributed by atoms with E-state index in [-0.39, 0.29) is 6.03 Å². The van der Waals surface area contributed by atoms with Gasteiger partial charge in [-0.1, -0.05) is 42.5 Å². The maximum Gasteiger partial charge on any atom is 0.328 e. The van der Waals surface area contributed by atoms with E-state index in [2.05, 4.69) is 46.4 Å². The Hall–Kier alpha value is -2.86. The predicted octanol–water partition coefficient (Wildman–Crippen LogP) is 3.51. The van der Waals surface area contributed by atoms with Crippen LogP contribution >= 0.6 is 0 Å². The molecule has 2 bridgehead atoms. The number of fused-ring (bicyclic) bond motifs is 3. The number of benzene rings is 2. The van der Waals surface area contributed by atoms with Crippen molar-refractivity contribution in [1.29, 1.82) is 0 Å². The molecule has 2 aliphatic rings. The lowest BCUT2D eigenvalue weighted by Gasteiger charge is -2.39. The molecule has 0 spiro atoms. The number of aryl methyl sites for hydroxylation is 1. The highest BCUT2D eigenvalue weighted by atomic mass is 16.2. The summed E-state index contributed by atoms with van der Waals surface area (Å²) in [6, 6.07) is 19.3. The average Bonchev–Trinajstić information content (AvgIpc) is 3.23. The summed E-state index contributed by atoms with van der Waals surface area (Å²) < 4.78 is 1.78. The zero-order chi connectivity index (χ0) is 20.5. The Balaban J connectivity index is 1.34. The van der Waals surface area contributed by atoms with Crippen molar-refractivity contribution in [2.24, 2.45) is 0 Å². The maximum absolute atomic E-state index is 13.2. The minimum atomic E-state index is -0.0852. The summed E-state index contributed by atoms with van der Waals surface area (Å²) in [5.74, 6) is 0.779. The van der Waals surface area contributed by atoms with Crippen molar-refractivity contribution in [2.45, 2.75) is 37.8 Å². The van der Waals surface area contributed by atoms with E-state index in [1.54, 1.807) is 4.57 Å². The number of hydrogen-bond acceptors (Lipinski definition) is 4. The monoisotopic (exact) mass is 403 g/mol. The second kappa shape index (κ2) is 8.11. The number of aromatic nitrogens is 2. The van der Waals surface area contributed by atoms with Crippen LogP contribution in [0.4, 0.5) is 10.7 Å². The zero-order valence-corrected chi connectivity index (χ0v) is 17.5. The van der Waals surface area contributed by atoms with Crippen molar-refractivity contribution in [3.05, 3.63) is 60.2 Å². The second-order valence-corrected chi connectivity index (χ2v) is 8.51. The highest BCUT2D eigenvalue weighted by Crippen LogP contribution is 2.32. The van der Waals surface area contributed by atoms with Gasteiger partial charge in [-0.15, -0.1) is 0 Å². The van der Waals surface area contributed by atoms with E-state index < -0.39 is 0 Å². The molecule has 6 heteroatoms. The third-order valence-corrected chi connectivity index (χ3v) is 6.64. The van der Waals surface area contributed by atoms with Gasteiger partial charge in [-0.25, -0.2) is 14.3 Å². The van der Waals surface area contributed by atoms with Gasteiger partial charge in [0.2, 0.25) is 5.95 Å². The van der Waals surface area contributed by atoms with Crippen LogP contribution in [0.1, 0.15) is 24.8 Å². The highest BCUT2D eigenvalue weighted by Gasteiger charge is 2.39.